The Morgan fingerprint density at radius 3 is 3.00 bits per heavy atom. The number of nitrogens with one attached hydrogen (secondary N) is 1. The second-order valence-corrected chi connectivity index (χ2v) is 3.91. The van der Waals surface area contributed by atoms with E-state index in [0.717, 1.165) is 10.6 Å². The molecule has 0 radical (unpaired) electrons. The van der Waals surface area contributed by atoms with Crippen molar-refractivity contribution < 1.29 is 4.74 Å². The zero-order valence-electron chi connectivity index (χ0n) is 7.96. The third-order valence-corrected chi connectivity index (χ3v) is 2.66. The maximum Gasteiger partial charge on any atom is 0.161 e. The minimum atomic E-state index is -0.363. The summed E-state index contributed by atoms with van der Waals surface area (Å²) < 4.78 is 5.24. The predicted molar refractivity (Wildman–Crippen MR) is 56.0 cm³/mol. The van der Waals surface area contributed by atoms with Crippen LogP contribution in [0.15, 0.2) is 18.2 Å². The van der Waals surface area contributed by atoms with Gasteiger partial charge in [0, 0.05) is 5.02 Å². The van der Waals surface area contributed by atoms with Crippen molar-refractivity contribution in [2.75, 3.05) is 6.61 Å². The topological polar surface area (TPSA) is 47.3 Å². The molecule has 1 saturated heterocycles. The molecule has 2 atom stereocenters. The lowest BCUT2D eigenvalue weighted by Crippen LogP contribution is -2.33. The minimum absolute atomic E-state index is 0.156. The zero-order chi connectivity index (χ0) is 10.1. The first-order valence-electron chi connectivity index (χ1n) is 4.56. The molecule has 0 aromatic heterocycles. The van der Waals surface area contributed by atoms with Crippen molar-refractivity contribution in [1.29, 1.82) is 0 Å². The Labute approximate surface area is 88.2 Å². The summed E-state index contributed by atoms with van der Waals surface area (Å²) in [6.45, 7) is 2.65. The van der Waals surface area contributed by atoms with Gasteiger partial charge in [0.15, 0.2) is 6.35 Å². The van der Waals surface area contributed by atoms with Crippen molar-refractivity contribution in [3.05, 3.63) is 34.3 Å². The number of halogens is 1. The lowest BCUT2D eigenvalue weighted by Gasteiger charge is -2.12. The largest absolute Gasteiger partial charge is 0.348 e. The summed E-state index contributed by atoms with van der Waals surface area (Å²) in [7, 11) is 0. The SMILES string of the molecule is Cc1ccc(Cl)cc1C1COC(N)N1. The fraction of sp³-hybridized carbons (Fsp3) is 0.400. The summed E-state index contributed by atoms with van der Waals surface area (Å²) in [5, 5.41) is 3.88. The van der Waals surface area contributed by atoms with Gasteiger partial charge in [0.2, 0.25) is 0 Å². The third kappa shape index (κ3) is 1.91. The van der Waals surface area contributed by atoms with E-state index in [1.54, 1.807) is 0 Å². The lowest BCUT2D eigenvalue weighted by atomic mass is 10.0. The molecule has 76 valence electrons. The van der Waals surface area contributed by atoms with Crippen LogP contribution in [-0.2, 0) is 4.74 Å². The molecule has 0 aliphatic carbocycles. The van der Waals surface area contributed by atoms with Crippen LogP contribution >= 0.6 is 11.6 Å². The Hall–Kier alpha value is -0.610. The van der Waals surface area contributed by atoms with Crippen molar-refractivity contribution in [3.8, 4) is 0 Å². The third-order valence-electron chi connectivity index (χ3n) is 2.42. The molecule has 1 aliphatic rings. The van der Waals surface area contributed by atoms with Gasteiger partial charge in [-0.15, -0.1) is 0 Å². The Bertz CT molecular complexity index is 343. The van der Waals surface area contributed by atoms with Gasteiger partial charge < -0.3 is 4.74 Å². The summed E-state index contributed by atoms with van der Waals surface area (Å²) in [6.07, 6.45) is -0.363. The van der Waals surface area contributed by atoms with E-state index in [1.807, 2.05) is 18.2 Å². The van der Waals surface area contributed by atoms with Gasteiger partial charge in [-0.2, -0.15) is 0 Å². The second-order valence-electron chi connectivity index (χ2n) is 3.47. The number of nitrogens with two attached hydrogens (primary N) is 1. The van der Waals surface area contributed by atoms with E-state index in [-0.39, 0.29) is 12.4 Å². The standard InChI is InChI=1S/C10H13ClN2O/c1-6-2-3-7(11)4-8(6)9-5-14-10(12)13-9/h2-4,9-10,13H,5,12H2,1H3. The summed E-state index contributed by atoms with van der Waals surface area (Å²) in [5.74, 6) is 0. The fourth-order valence-electron chi connectivity index (χ4n) is 1.66. The van der Waals surface area contributed by atoms with Crippen LogP contribution in [0.2, 0.25) is 5.02 Å². The molecular formula is C10H13ClN2O. The van der Waals surface area contributed by atoms with Crippen LogP contribution in [0.3, 0.4) is 0 Å². The van der Waals surface area contributed by atoms with Gasteiger partial charge in [-0.3, -0.25) is 11.1 Å². The summed E-state index contributed by atoms with van der Waals surface area (Å²) in [4.78, 5) is 0. The van der Waals surface area contributed by atoms with Crippen LogP contribution < -0.4 is 11.1 Å². The molecule has 0 amide bonds. The van der Waals surface area contributed by atoms with Gasteiger partial charge in [-0.25, -0.2) is 0 Å². The molecule has 0 saturated carbocycles. The molecule has 1 heterocycles. The number of ether oxygens (including phenoxy) is 1. The molecule has 3 nitrogen and oxygen atoms in total. The van der Waals surface area contributed by atoms with Gasteiger partial charge in [0.1, 0.15) is 0 Å². The molecule has 3 N–H and O–H groups in total. The van der Waals surface area contributed by atoms with Crippen LogP contribution in [0, 0.1) is 6.92 Å². The lowest BCUT2D eigenvalue weighted by molar-refractivity contribution is 0.106. The van der Waals surface area contributed by atoms with Gasteiger partial charge in [-0.1, -0.05) is 17.7 Å². The Morgan fingerprint density at radius 1 is 1.57 bits per heavy atom. The highest BCUT2D eigenvalue weighted by Gasteiger charge is 2.23. The Balaban J connectivity index is 2.27. The average molecular weight is 213 g/mol. The molecular weight excluding hydrogens is 200 g/mol. The van der Waals surface area contributed by atoms with E-state index in [0.29, 0.717) is 6.61 Å². The van der Waals surface area contributed by atoms with Crippen molar-refractivity contribution in [3.63, 3.8) is 0 Å². The molecule has 1 fully saturated rings. The number of rotatable bonds is 1. The Kier molecular flexibility index (Phi) is 2.74. The van der Waals surface area contributed by atoms with Crippen molar-refractivity contribution in [1.82, 2.24) is 5.32 Å². The van der Waals surface area contributed by atoms with Crippen molar-refractivity contribution in [2.24, 2.45) is 5.73 Å². The smallest absolute Gasteiger partial charge is 0.161 e. The second kappa shape index (κ2) is 3.87. The summed E-state index contributed by atoms with van der Waals surface area (Å²) in [5.41, 5.74) is 7.94. The first-order chi connectivity index (χ1) is 6.66. The van der Waals surface area contributed by atoms with Crippen LogP contribution in [0.5, 0.6) is 0 Å². The van der Waals surface area contributed by atoms with E-state index < -0.39 is 0 Å². The number of aryl methyl sites for hydroxylation is 1. The molecule has 0 bridgehead atoms. The molecule has 2 unspecified atom stereocenters. The van der Waals surface area contributed by atoms with Crippen molar-refractivity contribution in [2.45, 2.75) is 19.3 Å². The van der Waals surface area contributed by atoms with E-state index in [2.05, 4.69) is 12.2 Å². The number of hydrogen-bond acceptors (Lipinski definition) is 3. The molecule has 0 spiro atoms. The zero-order valence-corrected chi connectivity index (χ0v) is 8.71. The van der Waals surface area contributed by atoms with Gasteiger partial charge in [-0.05, 0) is 30.2 Å². The highest BCUT2D eigenvalue weighted by atomic mass is 35.5. The first kappa shape index (κ1) is 9.93. The first-order valence-corrected chi connectivity index (χ1v) is 4.94. The van der Waals surface area contributed by atoms with Crippen LogP contribution in [-0.4, -0.2) is 13.0 Å². The van der Waals surface area contributed by atoms with Gasteiger partial charge in [0.05, 0.1) is 12.6 Å². The number of hydrogen-bond donors (Lipinski definition) is 2. The van der Waals surface area contributed by atoms with E-state index in [4.69, 9.17) is 22.1 Å². The van der Waals surface area contributed by atoms with Gasteiger partial charge in [0.25, 0.3) is 0 Å². The molecule has 2 rings (SSSR count). The molecule has 4 heteroatoms. The average Bonchev–Trinajstić information content (AvgIpc) is 2.56. The van der Waals surface area contributed by atoms with E-state index >= 15 is 0 Å². The van der Waals surface area contributed by atoms with E-state index in [9.17, 15) is 0 Å². The highest BCUT2D eigenvalue weighted by molar-refractivity contribution is 6.30. The predicted octanol–water partition coefficient (Wildman–Crippen LogP) is 1.55. The van der Waals surface area contributed by atoms with Crippen molar-refractivity contribution >= 4 is 11.6 Å². The monoisotopic (exact) mass is 212 g/mol. The fourth-order valence-corrected chi connectivity index (χ4v) is 1.84. The van der Waals surface area contributed by atoms with Crippen LogP contribution in [0.1, 0.15) is 17.2 Å². The quantitative estimate of drug-likeness (QED) is 0.743. The normalized spacial score (nSPS) is 26.8. The van der Waals surface area contributed by atoms with E-state index in [1.165, 1.54) is 5.56 Å². The van der Waals surface area contributed by atoms with Gasteiger partial charge >= 0.3 is 0 Å². The molecule has 1 aromatic rings. The molecule has 1 aliphatic heterocycles. The highest BCUT2D eigenvalue weighted by Crippen LogP contribution is 2.24. The maximum atomic E-state index is 5.93. The Morgan fingerprint density at radius 2 is 2.36 bits per heavy atom. The number of benzene rings is 1. The van der Waals surface area contributed by atoms with Crippen LogP contribution in [0.25, 0.3) is 0 Å². The molecule has 1 aromatic carbocycles. The maximum absolute atomic E-state index is 5.93. The van der Waals surface area contributed by atoms with Crippen LogP contribution in [0.4, 0.5) is 0 Å². The molecule has 14 heavy (non-hydrogen) atoms. The minimum Gasteiger partial charge on any atom is -0.348 e. The summed E-state index contributed by atoms with van der Waals surface area (Å²) in [6, 6.07) is 6.00. The summed E-state index contributed by atoms with van der Waals surface area (Å²) >= 11 is 5.93.